The summed E-state index contributed by atoms with van der Waals surface area (Å²) in [4.78, 5) is 19.5. The molecule has 2 heterocycles. The lowest BCUT2D eigenvalue weighted by Gasteiger charge is -2.03. The zero-order chi connectivity index (χ0) is 12.1. The molecule has 2 aromatic heterocycles. The zero-order valence-corrected chi connectivity index (χ0v) is 9.21. The molecular weight excluding hydrogens is 222 g/mol. The summed E-state index contributed by atoms with van der Waals surface area (Å²) < 4.78 is 9.90. The van der Waals surface area contributed by atoms with E-state index in [4.69, 9.17) is 9.15 Å². The molecule has 2 rings (SSSR count). The van der Waals surface area contributed by atoms with Gasteiger partial charge >= 0.3 is 6.01 Å². The number of carbonyl (C=O) groups excluding carboxylic acids is 1. The van der Waals surface area contributed by atoms with E-state index in [0.29, 0.717) is 17.9 Å². The number of hydrogen-bond donors (Lipinski definition) is 1. The number of amides is 1. The van der Waals surface area contributed by atoms with E-state index >= 15 is 0 Å². The van der Waals surface area contributed by atoms with Crippen LogP contribution in [0.1, 0.15) is 17.3 Å². The molecule has 0 unspecified atom stereocenters. The van der Waals surface area contributed by atoms with Crippen molar-refractivity contribution in [2.75, 3.05) is 11.9 Å². The van der Waals surface area contributed by atoms with Crippen LogP contribution in [0.25, 0.3) is 0 Å². The Bertz CT molecular complexity index is 479. The van der Waals surface area contributed by atoms with Crippen molar-refractivity contribution in [1.29, 1.82) is 0 Å². The second-order valence-electron chi connectivity index (χ2n) is 3.15. The van der Waals surface area contributed by atoms with Crippen LogP contribution in [0, 0.1) is 0 Å². The molecule has 0 radical (unpaired) electrons. The Morgan fingerprint density at radius 3 is 2.82 bits per heavy atom. The Morgan fingerprint density at radius 2 is 2.24 bits per heavy atom. The minimum atomic E-state index is -0.272. The second kappa shape index (κ2) is 5.11. The van der Waals surface area contributed by atoms with Crippen LogP contribution in [0.3, 0.4) is 0 Å². The molecule has 88 valence electrons. The van der Waals surface area contributed by atoms with Crippen molar-refractivity contribution in [3.63, 3.8) is 0 Å². The molecule has 0 aliphatic heterocycles. The summed E-state index contributed by atoms with van der Waals surface area (Å²) in [6, 6.07) is 1.86. The van der Waals surface area contributed by atoms with E-state index in [1.807, 2.05) is 6.92 Å². The van der Waals surface area contributed by atoms with Gasteiger partial charge in [-0.3, -0.25) is 4.79 Å². The molecule has 2 aromatic rings. The molecule has 0 atom stereocenters. The molecular formula is C11H11N3O3. The van der Waals surface area contributed by atoms with E-state index in [9.17, 15) is 4.79 Å². The summed E-state index contributed by atoms with van der Waals surface area (Å²) in [5.74, 6) is -0.272. The monoisotopic (exact) mass is 233 g/mol. The highest BCUT2D eigenvalue weighted by molar-refractivity contribution is 6.03. The average Bonchev–Trinajstić information content (AvgIpc) is 2.86. The van der Waals surface area contributed by atoms with E-state index in [1.165, 1.54) is 24.9 Å². The molecule has 6 heteroatoms. The molecule has 0 aliphatic rings. The first-order chi connectivity index (χ1) is 8.29. The lowest BCUT2D eigenvalue weighted by atomic mass is 10.3. The van der Waals surface area contributed by atoms with Crippen LogP contribution in [-0.4, -0.2) is 22.5 Å². The number of hydrogen-bond acceptors (Lipinski definition) is 5. The van der Waals surface area contributed by atoms with Crippen LogP contribution >= 0.6 is 0 Å². The minimum Gasteiger partial charge on any atom is -0.472 e. The smallest absolute Gasteiger partial charge is 0.316 e. The quantitative estimate of drug-likeness (QED) is 0.869. The van der Waals surface area contributed by atoms with Crippen LogP contribution in [0.2, 0.25) is 0 Å². The number of aromatic nitrogens is 2. The number of anilines is 1. The first-order valence-electron chi connectivity index (χ1n) is 5.08. The van der Waals surface area contributed by atoms with Gasteiger partial charge in [0.1, 0.15) is 6.26 Å². The lowest BCUT2D eigenvalue weighted by Crippen LogP contribution is -2.11. The maximum atomic E-state index is 11.6. The van der Waals surface area contributed by atoms with Gasteiger partial charge in [0, 0.05) is 0 Å². The van der Waals surface area contributed by atoms with Gasteiger partial charge in [0.05, 0.1) is 36.5 Å². The van der Waals surface area contributed by atoms with Gasteiger partial charge in [-0.15, -0.1) is 0 Å². The van der Waals surface area contributed by atoms with Gasteiger partial charge in [-0.05, 0) is 13.0 Å². The van der Waals surface area contributed by atoms with Gasteiger partial charge in [0.25, 0.3) is 5.91 Å². The molecule has 0 aliphatic carbocycles. The predicted molar refractivity (Wildman–Crippen MR) is 59.9 cm³/mol. The summed E-state index contributed by atoms with van der Waals surface area (Å²) in [5.41, 5.74) is 0.943. The fourth-order valence-corrected chi connectivity index (χ4v) is 1.18. The zero-order valence-electron chi connectivity index (χ0n) is 9.21. The third-order valence-corrected chi connectivity index (χ3v) is 1.94. The lowest BCUT2D eigenvalue weighted by molar-refractivity contribution is 0.102. The molecule has 0 saturated carbocycles. The van der Waals surface area contributed by atoms with E-state index < -0.39 is 0 Å². The average molecular weight is 233 g/mol. The first-order valence-corrected chi connectivity index (χ1v) is 5.08. The summed E-state index contributed by atoms with van der Waals surface area (Å²) in [6.07, 6.45) is 5.76. The highest BCUT2D eigenvalue weighted by Crippen LogP contribution is 2.09. The van der Waals surface area contributed by atoms with Crippen molar-refractivity contribution < 1.29 is 13.9 Å². The van der Waals surface area contributed by atoms with Gasteiger partial charge in [0.2, 0.25) is 0 Å². The minimum absolute atomic E-state index is 0.272. The van der Waals surface area contributed by atoms with Gasteiger partial charge in [-0.1, -0.05) is 0 Å². The molecule has 0 saturated heterocycles. The molecule has 1 amide bonds. The number of nitrogens with one attached hydrogen (secondary N) is 1. The van der Waals surface area contributed by atoms with Crippen LogP contribution < -0.4 is 10.1 Å². The predicted octanol–water partition coefficient (Wildman–Crippen LogP) is 1.72. The van der Waals surface area contributed by atoms with Crippen LogP contribution in [0.4, 0.5) is 5.69 Å². The number of ether oxygens (including phenoxy) is 1. The number of furan rings is 1. The van der Waals surface area contributed by atoms with Gasteiger partial charge in [0.15, 0.2) is 0 Å². The van der Waals surface area contributed by atoms with Crippen molar-refractivity contribution in [1.82, 2.24) is 9.97 Å². The molecule has 1 N–H and O–H groups in total. The molecule has 0 spiro atoms. The fraction of sp³-hybridized carbons (Fsp3) is 0.182. The van der Waals surface area contributed by atoms with Crippen LogP contribution in [0.5, 0.6) is 6.01 Å². The largest absolute Gasteiger partial charge is 0.472 e. The van der Waals surface area contributed by atoms with Gasteiger partial charge < -0.3 is 14.5 Å². The molecule has 0 aromatic carbocycles. The van der Waals surface area contributed by atoms with Crippen LogP contribution in [-0.2, 0) is 0 Å². The van der Waals surface area contributed by atoms with E-state index in [-0.39, 0.29) is 11.9 Å². The van der Waals surface area contributed by atoms with Crippen molar-refractivity contribution in [3.05, 3.63) is 36.5 Å². The third-order valence-electron chi connectivity index (χ3n) is 1.94. The van der Waals surface area contributed by atoms with Gasteiger partial charge in [-0.25, -0.2) is 9.97 Å². The summed E-state index contributed by atoms with van der Waals surface area (Å²) >= 11 is 0. The first kappa shape index (κ1) is 11.1. The molecule has 17 heavy (non-hydrogen) atoms. The standard InChI is InChI=1S/C11H11N3O3/c1-2-17-11-12-5-9(6-13-11)14-10(15)8-3-4-16-7-8/h3-7H,2H2,1H3,(H,14,15). The number of nitrogens with zero attached hydrogens (tertiary/aromatic N) is 2. The van der Waals surface area contributed by atoms with E-state index in [1.54, 1.807) is 6.07 Å². The maximum absolute atomic E-state index is 11.6. The molecule has 6 nitrogen and oxygen atoms in total. The van der Waals surface area contributed by atoms with Crippen molar-refractivity contribution in [3.8, 4) is 6.01 Å². The Balaban J connectivity index is 2.01. The Kier molecular flexibility index (Phi) is 3.34. The van der Waals surface area contributed by atoms with E-state index in [2.05, 4.69) is 15.3 Å². The van der Waals surface area contributed by atoms with Gasteiger partial charge in [-0.2, -0.15) is 0 Å². The maximum Gasteiger partial charge on any atom is 0.316 e. The number of rotatable bonds is 4. The fourth-order valence-electron chi connectivity index (χ4n) is 1.18. The third kappa shape index (κ3) is 2.81. The Hall–Kier alpha value is -2.37. The summed E-state index contributed by atoms with van der Waals surface area (Å²) in [6.45, 7) is 2.35. The Labute approximate surface area is 97.6 Å². The highest BCUT2D eigenvalue weighted by atomic mass is 16.5. The van der Waals surface area contributed by atoms with E-state index in [0.717, 1.165) is 0 Å². The molecule has 0 bridgehead atoms. The molecule has 0 fully saturated rings. The summed E-state index contributed by atoms with van der Waals surface area (Å²) in [5, 5.41) is 2.63. The van der Waals surface area contributed by atoms with Crippen molar-refractivity contribution in [2.45, 2.75) is 6.92 Å². The second-order valence-corrected chi connectivity index (χ2v) is 3.15. The topological polar surface area (TPSA) is 77.2 Å². The number of carbonyl (C=O) groups is 1. The Morgan fingerprint density at radius 1 is 1.47 bits per heavy atom. The highest BCUT2D eigenvalue weighted by Gasteiger charge is 2.07. The van der Waals surface area contributed by atoms with Crippen LogP contribution in [0.15, 0.2) is 35.4 Å². The van der Waals surface area contributed by atoms with Crippen molar-refractivity contribution >= 4 is 11.6 Å². The van der Waals surface area contributed by atoms with Crippen molar-refractivity contribution in [2.24, 2.45) is 0 Å². The SMILES string of the molecule is CCOc1ncc(NC(=O)c2ccoc2)cn1. The normalized spacial score (nSPS) is 9.94. The summed E-state index contributed by atoms with van der Waals surface area (Å²) in [7, 11) is 0.